The fourth-order valence-electron chi connectivity index (χ4n) is 2.23. The van der Waals surface area contributed by atoms with Crippen LogP contribution in [0.25, 0.3) is 21.0 Å². The van der Waals surface area contributed by atoms with Crippen LogP contribution in [0, 0.1) is 12.7 Å². The van der Waals surface area contributed by atoms with Gasteiger partial charge < -0.3 is 5.73 Å². The molecule has 1 heterocycles. The summed E-state index contributed by atoms with van der Waals surface area (Å²) >= 11 is 1.48. The zero-order valence-electron chi connectivity index (χ0n) is 11.6. The molecule has 2 nitrogen and oxygen atoms in total. The maximum Gasteiger partial charge on any atom is 0.136 e. The van der Waals surface area contributed by atoms with E-state index in [1.165, 1.54) is 11.3 Å². The topological polar surface area (TPSA) is 38.9 Å². The number of hydrogen-bond acceptors (Lipinski definition) is 3. The standard InChI is InChI=1S/C17H15FN2S/c1-11-6-5-9-13(15(11)18)17-20-14(10-19)16(21-17)12-7-3-2-4-8-12/h2-9H,10,19H2,1H3. The van der Waals surface area contributed by atoms with E-state index in [2.05, 4.69) is 4.98 Å². The highest BCUT2D eigenvalue weighted by Gasteiger charge is 2.16. The maximum absolute atomic E-state index is 14.3. The zero-order valence-corrected chi connectivity index (χ0v) is 12.5. The lowest BCUT2D eigenvalue weighted by Crippen LogP contribution is -1.98. The smallest absolute Gasteiger partial charge is 0.136 e. The Kier molecular flexibility index (Phi) is 3.82. The van der Waals surface area contributed by atoms with E-state index in [-0.39, 0.29) is 5.82 Å². The highest BCUT2D eigenvalue weighted by Crippen LogP contribution is 2.36. The monoisotopic (exact) mass is 298 g/mol. The average molecular weight is 298 g/mol. The molecule has 2 aromatic carbocycles. The van der Waals surface area contributed by atoms with Gasteiger partial charge in [-0.2, -0.15) is 0 Å². The fourth-order valence-corrected chi connectivity index (χ4v) is 3.35. The third-order valence-corrected chi connectivity index (χ3v) is 4.53. The number of aryl methyl sites for hydroxylation is 1. The highest BCUT2D eigenvalue weighted by molar-refractivity contribution is 7.18. The third kappa shape index (κ3) is 2.60. The van der Waals surface area contributed by atoms with E-state index in [9.17, 15) is 4.39 Å². The molecule has 4 heteroatoms. The molecule has 0 aliphatic rings. The molecule has 0 unspecified atom stereocenters. The van der Waals surface area contributed by atoms with Crippen LogP contribution in [0.2, 0.25) is 0 Å². The predicted octanol–water partition coefficient (Wildman–Crippen LogP) is 4.38. The van der Waals surface area contributed by atoms with Crippen molar-refractivity contribution in [3.05, 3.63) is 65.6 Å². The second kappa shape index (κ2) is 5.76. The Morgan fingerprint density at radius 3 is 2.57 bits per heavy atom. The van der Waals surface area contributed by atoms with E-state index in [0.717, 1.165) is 16.1 Å². The average Bonchev–Trinajstić information content (AvgIpc) is 2.95. The van der Waals surface area contributed by atoms with E-state index in [0.29, 0.717) is 22.7 Å². The van der Waals surface area contributed by atoms with Gasteiger partial charge in [0.05, 0.1) is 10.6 Å². The number of aromatic nitrogens is 1. The van der Waals surface area contributed by atoms with Gasteiger partial charge in [-0.1, -0.05) is 42.5 Å². The Hall–Kier alpha value is -2.04. The minimum absolute atomic E-state index is 0.213. The summed E-state index contributed by atoms with van der Waals surface area (Å²) in [6.45, 7) is 2.10. The largest absolute Gasteiger partial charge is 0.325 e. The summed E-state index contributed by atoms with van der Waals surface area (Å²) in [7, 11) is 0. The lowest BCUT2D eigenvalue weighted by atomic mass is 10.1. The van der Waals surface area contributed by atoms with Gasteiger partial charge in [0.25, 0.3) is 0 Å². The molecule has 0 spiro atoms. The van der Waals surface area contributed by atoms with Gasteiger partial charge in [0, 0.05) is 12.1 Å². The number of halogens is 1. The quantitative estimate of drug-likeness (QED) is 0.779. The molecular weight excluding hydrogens is 283 g/mol. The second-order valence-corrected chi connectivity index (χ2v) is 5.80. The fraction of sp³-hybridized carbons (Fsp3) is 0.118. The van der Waals surface area contributed by atoms with Crippen LogP contribution < -0.4 is 5.73 Å². The van der Waals surface area contributed by atoms with Crippen molar-refractivity contribution in [3.63, 3.8) is 0 Å². The van der Waals surface area contributed by atoms with Gasteiger partial charge in [0.2, 0.25) is 0 Å². The highest BCUT2D eigenvalue weighted by atomic mass is 32.1. The molecule has 0 fully saturated rings. The van der Waals surface area contributed by atoms with Crippen molar-refractivity contribution in [1.29, 1.82) is 0 Å². The van der Waals surface area contributed by atoms with Crippen LogP contribution in [0.15, 0.2) is 48.5 Å². The van der Waals surface area contributed by atoms with E-state index >= 15 is 0 Å². The van der Waals surface area contributed by atoms with Crippen molar-refractivity contribution in [1.82, 2.24) is 4.98 Å². The summed E-state index contributed by atoms with van der Waals surface area (Å²) in [5.74, 6) is -0.213. The summed E-state index contributed by atoms with van der Waals surface area (Å²) in [5, 5.41) is 0.676. The molecule has 0 saturated carbocycles. The van der Waals surface area contributed by atoms with Gasteiger partial charge in [0.1, 0.15) is 10.8 Å². The van der Waals surface area contributed by atoms with Gasteiger partial charge in [0.15, 0.2) is 0 Å². The number of nitrogens with two attached hydrogens (primary N) is 1. The number of nitrogens with zero attached hydrogens (tertiary/aromatic N) is 1. The Balaban J connectivity index is 2.14. The molecule has 3 rings (SSSR count). The van der Waals surface area contributed by atoms with E-state index in [1.807, 2.05) is 36.4 Å². The van der Waals surface area contributed by atoms with Crippen molar-refractivity contribution < 1.29 is 4.39 Å². The summed E-state index contributed by atoms with van der Waals surface area (Å²) in [6.07, 6.45) is 0. The lowest BCUT2D eigenvalue weighted by molar-refractivity contribution is 0.622. The summed E-state index contributed by atoms with van der Waals surface area (Å²) in [5.41, 5.74) is 8.83. The second-order valence-electron chi connectivity index (χ2n) is 4.80. The number of rotatable bonds is 3. The van der Waals surface area contributed by atoms with Crippen molar-refractivity contribution in [2.24, 2.45) is 5.73 Å². The van der Waals surface area contributed by atoms with Crippen LogP contribution >= 0.6 is 11.3 Å². The first kappa shape index (κ1) is 13.9. The minimum Gasteiger partial charge on any atom is -0.325 e. The first-order valence-corrected chi connectivity index (χ1v) is 7.53. The predicted molar refractivity (Wildman–Crippen MR) is 85.6 cm³/mol. The van der Waals surface area contributed by atoms with Crippen molar-refractivity contribution >= 4 is 11.3 Å². The molecule has 0 amide bonds. The Bertz CT molecular complexity index is 766. The van der Waals surface area contributed by atoms with Gasteiger partial charge in [-0.05, 0) is 24.1 Å². The van der Waals surface area contributed by atoms with Crippen LogP contribution in [0.3, 0.4) is 0 Å². The van der Waals surface area contributed by atoms with Crippen LogP contribution in [-0.4, -0.2) is 4.98 Å². The van der Waals surface area contributed by atoms with E-state index < -0.39 is 0 Å². The number of hydrogen-bond donors (Lipinski definition) is 1. The molecule has 1 aromatic heterocycles. The maximum atomic E-state index is 14.3. The number of thiazole rings is 1. The molecule has 106 valence electrons. The first-order valence-electron chi connectivity index (χ1n) is 6.71. The molecular formula is C17H15FN2S. The molecule has 3 aromatic rings. The van der Waals surface area contributed by atoms with Gasteiger partial charge >= 0.3 is 0 Å². The lowest BCUT2D eigenvalue weighted by Gasteiger charge is -2.01. The summed E-state index contributed by atoms with van der Waals surface area (Å²) in [4.78, 5) is 5.54. The minimum atomic E-state index is -0.213. The molecule has 0 radical (unpaired) electrons. The molecule has 0 aliphatic carbocycles. The molecule has 0 bridgehead atoms. The Morgan fingerprint density at radius 1 is 1.10 bits per heavy atom. The van der Waals surface area contributed by atoms with Gasteiger partial charge in [-0.3, -0.25) is 0 Å². The van der Waals surface area contributed by atoms with Gasteiger partial charge in [-0.15, -0.1) is 11.3 Å². The molecule has 21 heavy (non-hydrogen) atoms. The number of benzene rings is 2. The van der Waals surface area contributed by atoms with Crippen LogP contribution in [0.4, 0.5) is 4.39 Å². The van der Waals surface area contributed by atoms with Crippen molar-refractivity contribution in [2.75, 3.05) is 0 Å². The molecule has 0 atom stereocenters. The molecule has 0 aliphatic heterocycles. The van der Waals surface area contributed by atoms with Crippen molar-refractivity contribution in [2.45, 2.75) is 13.5 Å². The Morgan fingerprint density at radius 2 is 1.86 bits per heavy atom. The SMILES string of the molecule is Cc1cccc(-c2nc(CN)c(-c3ccccc3)s2)c1F. The van der Waals surface area contributed by atoms with Gasteiger partial charge in [-0.25, -0.2) is 9.37 Å². The zero-order chi connectivity index (χ0) is 14.8. The first-order chi connectivity index (χ1) is 10.2. The Labute approximate surface area is 127 Å². The normalized spacial score (nSPS) is 10.8. The summed E-state index contributed by atoms with van der Waals surface area (Å²) < 4.78 is 14.3. The van der Waals surface area contributed by atoms with Crippen LogP contribution in [0.1, 0.15) is 11.3 Å². The van der Waals surface area contributed by atoms with E-state index in [4.69, 9.17) is 5.73 Å². The van der Waals surface area contributed by atoms with Crippen LogP contribution in [0.5, 0.6) is 0 Å². The van der Waals surface area contributed by atoms with Crippen molar-refractivity contribution in [3.8, 4) is 21.0 Å². The summed E-state index contributed by atoms with van der Waals surface area (Å²) in [6, 6.07) is 15.3. The molecule has 0 saturated heterocycles. The molecule has 2 N–H and O–H groups in total. The third-order valence-electron chi connectivity index (χ3n) is 3.35. The van der Waals surface area contributed by atoms with E-state index in [1.54, 1.807) is 19.1 Å². The van der Waals surface area contributed by atoms with Crippen LogP contribution in [-0.2, 0) is 6.54 Å².